The molecule has 0 aliphatic heterocycles. The van der Waals surface area contributed by atoms with Crippen LogP contribution in [0.4, 0.5) is 5.69 Å². The number of halogens is 3. The summed E-state index contributed by atoms with van der Waals surface area (Å²) in [6.45, 7) is 5.29. The Morgan fingerprint density at radius 3 is 2.17 bits per heavy atom. The topological polar surface area (TPSA) is 96.0 Å². The van der Waals surface area contributed by atoms with E-state index in [1.807, 2.05) is 13.8 Å². The van der Waals surface area contributed by atoms with Gasteiger partial charge in [-0.25, -0.2) is 8.42 Å². The van der Waals surface area contributed by atoms with Crippen molar-refractivity contribution in [3.8, 4) is 5.75 Å². The predicted octanol–water partition coefficient (Wildman–Crippen LogP) is 6.43. The summed E-state index contributed by atoms with van der Waals surface area (Å²) in [7, 11) is -2.91. The Morgan fingerprint density at radius 1 is 0.952 bits per heavy atom. The van der Waals surface area contributed by atoms with Gasteiger partial charge >= 0.3 is 0 Å². The largest absolute Gasteiger partial charge is 0.495 e. The highest BCUT2D eigenvalue weighted by Gasteiger charge is 2.35. The van der Waals surface area contributed by atoms with Crippen LogP contribution in [0.2, 0.25) is 15.1 Å². The van der Waals surface area contributed by atoms with Gasteiger partial charge < -0.3 is 15.0 Å². The lowest BCUT2D eigenvalue weighted by atomic mass is 10.1. The van der Waals surface area contributed by atoms with Gasteiger partial charge in [0.2, 0.25) is 11.8 Å². The zero-order valence-electron chi connectivity index (χ0n) is 23.8. The molecule has 0 fully saturated rings. The third-order valence-electron chi connectivity index (χ3n) is 6.48. The zero-order valence-corrected chi connectivity index (χ0v) is 26.9. The van der Waals surface area contributed by atoms with Gasteiger partial charge in [0, 0.05) is 33.7 Å². The summed E-state index contributed by atoms with van der Waals surface area (Å²) in [5, 5.41) is 3.74. The van der Waals surface area contributed by atoms with Gasteiger partial charge in [-0.2, -0.15) is 0 Å². The summed E-state index contributed by atoms with van der Waals surface area (Å²) in [6.07, 6.45) is 0.254. The van der Waals surface area contributed by atoms with Crippen LogP contribution in [0.5, 0.6) is 5.75 Å². The number of hydrogen-bond donors (Lipinski definition) is 1. The molecule has 12 heteroatoms. The second-order valence-corrected chi connectivity index (χ2v) is 13.0. The Bertz CT molecular complexity index is 1480. The first-order valence-electron chi connectivity index (χ1n) is 13.3. The monoisotopic (exact) mass is 653 g/mol. The first kappa shape index (κ1) is 33.5. The minimum Gasteiger partial charge on any atom is -0.495 e. The van der Waals surface area contributed by atoms with Gasteiger partial charge in [-0.05, 0) is 54.8 Å². The molecule has 0 heterocycles. The van der Waals surface area contributed by atoms with Crippen molar-refractivity contribution in [3.63, 3.8) is 0 Å². The SMILES string of the molecule is CC[C@H](C(=O)NCC(C)C)N(Cc1c(Cl)cccc1Cl)C(=O)CN(c1cc(Cl)ccc1OC)S(=O)(=O)c1ccccc1. The van der Waals surface area contributed by atoms with Crippen LogP contribution in [-0.4, -0.2) is 51.4 Å². The van der Waals surface area contributed by atoms with E-state index in [9.17, 15) is 18.0 Å². The standard InChI is InChI=1S/C30H34Cl3N3O5S/c1-5-26(30(38)34-17-20(2)3)35(18-23-24(32)12-9-13-25(23)33)29(37)19-36(27-16-21(31)14-15-28(27)41-4)42(39,40)22-10-7-6-8-11-22/h6-16,20,26H,5,17-19H2,1-4H3,(H,34,38)/t26-/m1/s1. The summed E-state index contributed by atoms with van der Waals surface area (Å²) in [5.41, 5.74) is 0.498. The van der Waals surface area contributed by atoms with Crippen molar-refractivity contribution in [1.82, 2.24) is 10.2 Å². The lowest BCUT2D eigenvalue weighted by Crippen LogP contribution is -2.52. The number of benzene rings is 3. The van der Waals surface area contributed by atoms with Crippen LogP contribution >= 0.6 is 34.8 Å². The van der Waals surface area contributed by atoms with Crippen LogP contribution < -0.4 is 14.4 Å². The van der Waals surface area contributed by atoms with Crippen LogP contribution in [0.25, 0.3) is 0 Å². The van der Waals surface area contributed by atoms with Gasteiger partial charge in [-0.3, -0.25) is 13.9 Å². The number of anilines is 1. The molecule has 0 aromatic heterocycles. The van der Waals surface area contributed by atoms with E-state index in [2.05, 4.69) is 5.32 Å². The highest BCUT2D eigenvalue weighted by Crippen LogP contribution is 2.35. The van der Waals surface area contributed by atoms with Crippen LogP contribution in [0, 0.1) is 5.92 Å². The summed E-state index contributed by atoms with van der Waals surface area (Å²) in [5.74, 6) is -0.663. The number of sulfonamides is 1. The Hall–Kier alpha value is -2.98. The second-order valence-electron chi connectivity index (χ2n) is 9.93. The Balaban J connectivity index is 2.14. The minimum absolute atomic E-state index is 0.0396. The number of nitrogens with one attached hydrogen (secondary N) is 1. The van der Waals surface area contributed by atoms with E-state index in [1.165, 1.54) is 36.3 Å². The van der Waals surface area contributed by atoms with Crippen molar-refractivity contribution in [2.45, 2.75) is 44.7 Å². The van der Waals surface area contributed by atoms with Crippen molar-refractivity contribution < 1.29 is 22.7 Å². The molecule has 0 bridgehead atoms. The molecular formula is C30H34Cl3N3O5S. The number of ether oxygens (including phenoxy) is 1. The second kappa shape index (κ2) is 15.0. The van der Waals surface area contributed by atoms with Crippen LogP contribution in [0.3, 0.4) is 0 Å². The van der Waals surface area contributed by atoms with Crippen LogP contribution in [0.1, 0.15) is 32.8 Å². The Kier molecular flexibility index (Phi) is 11.9. The van der Waals surface area contributed by atoms with Crippen LogP contribution in [0.15, 0.2) is 71.6 Å². The molecule has 0 saturated heterocycles. The van der Waals surface area contributed by atoms with Gasteiger partial charge in [0.1, 0.15) is 18.3 Å². The fraction of sp³-hybridized carbons (Fsp3) is 0.333. The lowest BCUT2D eigenvalue weighted by Gasteiger charge is -2.34. The quantitative estimate of drug-likeness (QED) is 0.229. The number of methoxy groups -OCH3 is 1. The molecule has 3 aromatic carbocycles. The van der Waals surface area contributed by atoms with E-state index in [0.717, 1.165) is 4.31 Å². The van der Waals surface area contributed by atoms with E-state index in [1.54, 1.807) is 49.4 Å². The predicted molar refractivity (Wildman–Crippen MR) is 168 cm³/mol. The molecule has 0 radical (unpaired) electrons. The summed E-state index contributed by atoms with van der Waals surface area (Å²) in [4.78, 5) is 28.9. The first-order chi connectivity index (χ1) is 19.9. The van der Waals surface area contributed by atoms with E-state index < -0.39 is 28.5 Å². The Morgan fingerprint density at radius 2 is 1.60 bits per heavy atom. The third-order valence-corrected chi connectivity index (χ3v) is 9.20. The summed E-state index contributed by atoms with van der Waals surface area (Å²) < 4.78 is 34.4. The molecule has 0 saturated carbocycles. The van der Waals surface area contributed by atoms with E-state index in [0.29, 0.717) is 22.2 Å². The van der Waals surface area contributed by atoms with Gasteiger partial charge in [0.25, 0.3) is 10.0 Å². The van der Waals surface area contributed by atoms with E-state index in [-0.39, 0.29) is 46.1 Å². The molecule has 0 spiro atoms. The third kappa shape index (κ3) is 8.10. The number of amides is 2. The number of rotatable bonds is 13. The molecule has 1 N–H and O–H groups in total. The fourth-order valence-corrected chi connectivity index (χ4v) is 6.41. The van der Waals surface area contributed by atoms with Crippen molar-refractivity contribution in [2.24, 2.45) is 5.92 Å². The Labute approximate surface area is 262 Å². The number of hydrogen-bond acceptors (Lipinski definition) is 5. The van der Waals surface area contributed by atoms with Gasteiger partial charge in [-0.1, -0.05) is 79.8 Å². The van der Waals surface area contributed by atoms with Crippen molar-refractivity contribution >= 4 is 62.3 Å². The molecule has 226 valence electrons. The average Bonchev–Trinajstić information content (AvgIpc) is 2.96. The molecular weight excluding hydrogens is 621 g/mol. The maximum atomic E-state index is 14.2. The summed E-state index contributed by atoms with van der Waals surface area (Å²) >= 11 is 19.2. The van der Waals surface area contributed by atoms with Crippen molar-refractivity contribution in [1.29, 1.82) is 0 Å². The molecule has 2 amide bonds. The molecule has 1 atom stereocenters. The number of carbonyl (C=O) groups excluding carboxylic acids is 2. The van der Waals surface area contributed by atoms with Crippen LogP contribution in [-0.2, 0) is 26.2 Å². The van der Waals surface area contributed by atoms with E-state index >= 15 is 0 Å². The molecule has 0 unspecified atom stereocenters. The highest BCUT2D eigenvalue weighted by molar-refractivity contribution is 7.92. The molecule has 3 aromatic rings. The van der Waals surface area contributed by atoms with E-state index in [4.69, 9.17) is 39.5 Å². The normalized spacial score (nSPS) is 12.1. The maximum absolute atomic E-state index is 14.2. The molecule has 3 rings (SSSR count). The maximum Gasteiger partial charge on any atom is 0.264 e. The van der Waals surface area contributed by atoms with Crippen molar-refractivity contribution in [2.75, 3.05) is 24.5 Å². The number of carbonyl (C=O) groups is 2. The highest BCUT2D eigenvalue weighted by atomic mass is 35.5. The first-order valence-corrected chi connectivity index (χ1v) is 15.9. The summed E-state index contributed by atoms with van der Waals surface area (Å²) in [6, 6.07) is 16.2. The smallest absolute Gasteiger partial charge is 0.264 e. The van der Waals surface area contributed by atoms with Gasteiger partial charge in [-0.15, -0.1) is 0 Å². The van der Waals surface area contributed by atoms with Crippen molar-refractivity contribution in [3.05, 3.63) is 87.4 Å². The number of nitrogens with zero attached hydrogens (tertiary/aromatic N) is 2. The molecule has 8 nitrogen and oxygen atoms in total. The van der Waals surface area contributed by atoms with Gasteiger partial charge in [0.15, 0.2) is 0 Å². The zero-order chi connectivity index (χ0) is 31.0. The lowest BCUT2D eigenvalue weighted by molar-refractivity contribution is -0.140. The molecule has 0 aliphatic carbocycles. The minimum atomic E-state index is -4.30. The average molecular weight is 655 g/mol. The van der Waals surface area contributed by atoms with Gasteiger partial charge in [0.05, 0.1) is 17.7 Å². The fourth-order valence-electron chi connectivity index (χ4n) is 4.29. The molecule has 0 aliphatic rings. The molecule has 42 heavy (non-hydrogen) atoms.